The summed E-state index contributed by atoms with van der Waals surface area (Å²) in [5, 5.41) is 9.77. The van der Waals surface area contributed by atoms with Crippen LogP contribution in [0.2, 0.25) is 0 Å². The van der Waals surface area contributed by atoms with E-state index in [1.54, 1.807) is 6.07 Å². The Morgan fingerprint density at radius 1 is 1.31 bits per heavy atom. The van der Waals surface area contributed by atoms with Crippen molar-refractivity contribution in [3.05, 3.63) is 29.8 Å². The van der Waals surface area contributed by atoms with Crippen LogP contribution in [0.15, 0.2) is 24.3 Å². The number of phenols is 1. The van der Waals surface area contributed by atoms with E-state index in [4.69, 9.17) is 5.73 Å². The lowest BCUT2D eigenvalue weighted by atomic mass is 9.86. The number of rotatable bonds is 2. The van der Waals surface area contributed by atoms with Crippen molar-refractivity contribution in [1.82, 2.24) is 4.90 Å². The van der Waals surface area contributed by atoms with Gasteiger partial charge in [0, 0.05) is 11.6 Å². The minimum absolute atomic E-state index is 0.0325. The third kappa shape index (κ3) is 2.36. The van der Waals surface area contributed by atoms with Crippen molar-refractivity contribution in [2.75, 3.05) is 20.1 Å². The first-order valence-corrected chi connectivity index (χ1v) is 5.90. The number of aromatic hydroxyl groups is 1. The van der Waals surface area contributed by atoms with Gasteiger partial charge in [-0.2, -0.15) is 0 Å². The Kier molecular flexibility index (Phi) is 3.46. The number of phenolic OH excluding ortho intramolecular Hbond substituents is 1. The molecule has 3 N–H and O–H groups in total. The molecule has 0 spiro atoms. The van der Waals surface area contributed by atoms with E-state index in [1.807, 2.05) is 18.2 Å². The predicted molar refractivity (Wildman–Crippen MR) is 65.3 cm³/mol. The Labute approximate surface area is 96.9 Å². The Balaban J connectivity index is 2.07. The molecule has 1 aromatic rings. The van der Waals surface area contributed by atoms with Gasteiger partial charge in [0.05, 0.1) is 0 Å². The smallest absolute Gasteiger partial charge is 0.120 e. The lowest BCUT2D eigenvalue weighted by Gasteiger charge is -2.32. The number of nitrogens with two attached hydrogens (primary N) is 1. The molecule has 1 unspecified atom stereocenters. The van der Waals surface area contributed by atoms with Gasteiger partial charge in [-0.05, 0) is 45.0 Å². The van der Waals surface area contributed by atoms with E-state index >= 15 is 0 Å². The van der Waals surface area contributed by atoms with Gasteiger partial charge in [-0.25, -0.2) is 0 Å². The molecule has 1 atom stereocenters. The van der Waals surface area contributed by atoms with Gasteiger partial charge in [-0.1, -0.05) is 18.2 Å². The highest BCUT2D eigenvalue weighted by molar-refractivity contribution is 5.34. The fraction of sp³-hybridized carbons (Fsp3) is 0.538. The molecule has 1 heterocycles. The van der Waals surface area contributed by atoms with Crippen molar-refractivity contribution in [1.29, 1.82) is 0 Å². The van der Waals surface area contributed by atoms with Crippen molar-refractivity contribution in [3.63, 3.8) is 0 Å². The third-order valence-electron chi connectivity index (χ3n) is 3.57. The molecule has 1 aromatic carbocycles. The number of likely N-dealkylation sites (tertiary alicyclic amines) is 1. The SMILES string of the molecule is CN1CCC(C(N)c2ccccc2O)CC1. The molecule has 1 saturated heterocycles. The normalized spacial score (nSPS) is 20.9. The highest BCUT2D eigenvalue weighted by Crippen LogP contribution is 2.32. The summed E-state index contributed by atoms with van der Waals surface area (Å²) in [7, 11) is 2.14. The largest absolute Gasteiger partial charge is 0.508 e. The van der Waals surface area contributed by atoms with Crippen LogP contribution in [0.25, 0.3) is 0 Å². The van der Waals surface area contributed by atoms with Crippen LogP contribution in [-0.2, 0) is 0 Å². The van der Waals surface area contributed by atoms with Gasteiger partial charge in [0.25, 0.3) is 0 Å². The number of piperidine rings is 1. The van der Waals surface area contributed by atoms with E-state index in [0.717, 1.165) is 31.5 Å². The molecule has 0 aromatic heterocycles. The zero-order valence-electron chi connectivity index (χ0n) is 9.76. The zero-order valence-corrected chi connectivity index (χ0v) is 9.76. The third-order valence-corrected chi connectivity index (χ3v) is 3.57. The second-order valence-electron chi connectivity index (χ2n) is 4.73. The molecule has 0 amide bonds. The Morgan fingerprint density at radius 3 is 2.56 bits per heavy atom. The van der Waals surface area contributed by atoms with Crippen LogP contribution in [0.3, 0.4) is 0 Å². The topological polar surface area (TPSA) is 49.5 Å². The van der Waals surface area contributed by atoms with Crippen molar-refractivity contribution in [2.24, 2.45) is 11.7 Å². The molecule has 2 rings (SSSR count). The summed E-state index contributed by atoms with van der Waals surface area (Å²) < 4.78 is 0. The van der Waals surface area contributed by atoms with E-state index in [1.165, 1.54) is 0 Å². The molecule has 16 heavy (non-hydrogen) atoms. The maximum Gasteiger partial charge on any atom is 0.120 e. The quantitative estimate of drug-likeness (QED) is 0.798. The number of para-hydroxylation sites is 1. The van der Waals surface area contributed by atoms with Crippen LogP contribution in [0.4, 0.5) is 0 Å². The number of benzene rings is 1. The van der Waals surface area contributed by atoms with Gasteiger partial charge in [-0.15, -0.1) is 0 Å². The van der Waals surface area contributed by atoms with Crippen molar-refractivity contribution >= 4 is 0 Å². The highest BCUT2D eigenvalue weighted by Gasteiger charge is 2.25. The summed E-state index contributed by atoms with van der Waals surface area (Å²) in [6, 6.07) is 7.38. The van der Waals surface area contributed by atoms with Crippen LogP contribution in [0, 0.1) is 5.92 Å². The van der Waals surface area contributed by atoms with Gasteiger partial charge >= 0.3 is 0 Å². The molecule has 88 valence electrons. The minimum Gasteiger partial charge on any atom is -0.508 e. The first-order valence-electron chi connectivity index (χ1n) is 5.90. The van der Waals surface area contributed by atoms with Crippen LogP contribution in [0.5, 0.6) is 5.75 Å². The summed E-state index contributed by atoms with van der Waals surface area (Å²) in [4.78, 5) is 2.33. The lowest BCUT2D eigenvalue weighted by molar-refractivity contribution is 0.198. The van der Waals surface area contributed by atoms with Gasteiger partial charge in [0.2, 0.25) is 0 Å². The summed E-state index contributed by atoms with van der Waals surface area (Å²) in [6.07, 6.45) is 2.23. The number of hydrogen-bond acceptors (Lipinski definition) is 3. The standard InChI is InChI=1S/C13H20N2O/c1-15-8-6-10(7-9-15)13(14)11-4-2-3-5-12(11)16/h2-5,10,13,16H,6-9,14H2,1H3. The predicted octanol–water partition coefficient (Wildman–Crippen LogP) is 1.73. The molecular formula is C13H20N2O. The molecular weight excluding hydrogens is 200 g/mol. The summed E-state index contributed by atoms with van der Waals surface area (Å²) in [6.45, 7) is 2.21. The maximum absolute atomic E-state index is 9.77. The van der Waals surface area contributed by atoms with E-state index in [0.29, 0.717) is 11.7 Å². The molecule has 0 bridgehead atoms. The van der Waals surface area contributed by atoms with Crippen molar-refractivity contribution in [3.8, 4) is 5.75 Å². The highest BCUT2D eigenvalue weighted by atomic mass is 16.3. The molecule has 3 nitrogen and oxygen atoms in total. The van der Waals surface area contributed by atoms with Gasteiger partial charge in [0.15, 0.2) is 0 Å². The van der Waals surface area contributed by atoms with Crippen LogP contribution >= 0.6 is 0 Å². The second kappa shape index (κ2) is 4.85. The summed E-state index contributed by atoms with van der Waals surface area (Å²) >= 11 is 0. The molecule has 1 aliphatic rings. The Hall–Kier alpha value is -1.06. The average molecular weight is 220 g/mol. The summed E-state index contributed by atoms with van der Waals surface area (Å²) in [5.74, 6) is 0.818. The summed E-state index contributed by atoms with van der Waals surface area (Å²) in [5.41, 5.74) is 7.12. The first-order chi connectivity index (χ1) is 7.68. The van der Waals surface area contributed by atoms with Gasteiger partial charge < -0.3 is 15.7 Å². The number of hydrogen-bond donors (Lipinski definition) is 2. The second-order valence-corrected chi connectivity index (χ2v) is 4.73. The molecule has 0 saturated carbocycles. The molecule has 1 aliphatic heterocycles. The van der Waals surface area contributed by atoms with Crippen LogP contribution < -0.4 is 5.73 Å². The number of nitrogens with zero attached hydrogens (tertiary/aromatic N) is 1. The first kappa shape index (κ1) is 11.4. The van der Waals surface area contributed by atoms with Crippen LogP contribution in [0.1, 0.15) is 24.4 Å². The molecule has 0 radical (unpaired) electrons. The van der Waals surface area contributed by atoms with Gasteiger partial charge in [-0.3, -0.25) is 0 Å². The monoisotopic (exact) mass is 220 g/mol. The molecule has 1 fully saturated rings. The zero-order chi connectivity index (χ0) is 11.5. The lowest BCUT2D eigenvalue weighted by Crippen LogP contribution is -2.35. The Bertz CT molecular complexity index is 346. The van der Waals surface area contributed by atoms with E-state index in [2.05, 4.69) is 11.9 Å². The average Bonchev–Trinajstić information content (AvgIpc) is 2.30. The maximum atomic E-state index is 9.77. The molecule has 0 aliphatic carbocycles. The van der Waals surface area contributed by atoms with Gasteiger partial charge in [0.1, 0.15) is 5.75 Å². The van der Waals surface area contributed by atoms with E-state index in [9.17, 15) is 5.11 Å². The van der Waals surface area contributed by atoms with Crippen LogP contribution in [-0.4, -0.2) is 30.1 Å². The van der Waals surface area contributed by atoms with E-state index < -0.39 is 0 Å². The fourth-order valence-corrected chi connectivity index (χ4v) is 2.41. The Morgan fingerprint density at radius 2 is 1.94 bits per heavy atom. The van der Waals surface area contributed by atoms with E-state index in [-0.39, 0.29) is 6.04 Å². The molecule has 3 heteroatoms. The van der Waals surface area contributed by atoms with Crippen molar-refractivity contribution in [2.45, 2.75) is 18.9 Å². The fourth-order valence-electron chi connectivity index (χ4n) is 2.41. The van der Waals surface area contributed by atoms with Crippen molar-refractivity contribution < 1.29 is 5.11 Å². The minimum atomic E-state index is -0.0325.